The van der Waals surface area contributed by atoms with E-state index in [2.05, 4.69) is 0 Å². The molecule has 0 aromatic carbocycles. The monoisotopic (exact) mass is 147 g/mol. The lowest BCUT2D eigenvalue weighted by molar-refractivity contribution is -0.0764. The quantitative estimate of drug-likeness (QED) is 0.367. The standard InChI is InChI=1S/C5H13N3O2/c1-3-9-4(2,6)5(7,8)10-3/h3H,6-8H2,1-2H3. The highest BCUT2D eigenvalue weighted by atomic mass is 16.8. The van der Waals surface area contributed by atoms with E-state index in [9.17, 15) is 0 Å². The Morgan fingerprint density at radius 2 is 1.70 bits per heavy atom. The van der Waals surface area contributed by atoms with E-state index >= 15 is 0 Å². The Morgan fingerprint density at radius 3 is 1.80 bits per heavy atom. The van der Waals surface area contributed by atoms with E-state index in [0.29, 0.717) is 0 Å². The van der Waals surface area contributed by atoms with E-state index in [0.717, 1.165) is 0 Å². The van der Waals surface area contributed by atoms with Crippen LogP contribution in [0.5, 0.6) is 0 Å². The number of hydrogen-bond acceptors (Lipinski definition) is 5. The third-order valence-electron chi connectivity index (χ3n) is 1.55. The van der Waals surface area contributed by atoms with Crippen LogP contribution in [0.4, 0.5) is 0 Å². The molecule has 0 amide bonds. The van der Waals surface area contributed by atoms with Gasteiger partial charge < -0.3 is 9.47 Å². The number of ether oxygens (including phenoxy) is 2. The smallest absolute Gasteiger partial charge is 0.215 e. The molecule has 1 aliphatic rings. The summed E-state index contributed by atoms with van der Waals surface area (Å²) in [6.45, 7) is 3.27. The molecule has 1 heterocycles. The van der Waals surface area contributed by atoms with Crippen LogP contribution in [0.3, 0.4) is 0 Å². The Hall–Kier alpha value is -0.200. The van der Waals surface area contributed by atoms with Gasteiger partial charge in [0.2, 0.25) is 5.85 Å². The van der Waals surface area contributed by atoms with Gasteiger partial charge in [0, 0.05) is 0 Å². The summed E-state index contributed by atoms with van der Waals surface area (Å²) < 4.78 is 10.0. The molecular formula is C5H13N3O2. The molecule has 5 heteroatoms. The molecule has 6 N–H and O–H groups in total. The van der Waals surface area contributed by atoms with Crippen molar-refractivity contribution in [2.45, 2.75) is 31.7 Å². The van der Waals surface area contributed by atoms with Crippen LogP contribution in [0.25, 0.3) is 0 Å². The van der Waals surface area contributed by atoms with Gasteiger partial charge in [0.05, 0.1) is 0 Å². The second-order valence-corrected chi connectivity index (χ2v) is 2.70. The van der Waals surface area contributed by atoms with Gasteiger partial charge in [-0.25, -0.2) is 0 Å². The molecule has 1 rings (SSSR count). The average Bonchev–Trinajstić information content (AvgIpc) is 1.73. The predicted molar refractivity (Wildman–Crippen MR) is 35.3 cm³/mol. The fourth-order valence-electron chi connectivity index (χ4n) is 0.853. The van der Waals surface area contributed by atoms with Gasteiger partial charge in [-0.1, -0.05) is 0 Å². The molecule has 2 unspecified atom stereocenters. The Bertz CT molecular complexity index is 130. The van der Waals surface area contributed by atoms with Gasteiger partial charge in [-0.05, 0) is 13.8 Å². The molecule has 1 aliphatic heterocycles. The first-order chi connectivity index (χ1) is 4.35. The summed E-state index contributed by atoms with van der Waals surface area (Å²) in [6, 6.07) is 0. The summed E-state index contributed by atoms with van der Waals surface area (Å²) in [5.74, 6) is -1.38. The molecule has 0 aromatic rings. The van der Waals surface area contributed by atoms with Crippen LogP contribution < -0.4 is 17.2 Å². The summed E-state index contributed by atoms with van der Waals surface area (Å²) in [4.78, 5) is 0. The molecule has 2 atom stereocenters. The molecule has 0 radical (unpaired) electrons. The van der Waals surface area contributed by atoms with Crippen molar-refractivity contribution in [3.05, 3.63) is 0 Å². The van der Waals surface area contributed by atoms with Crippen molar-refractivity contribution in [2.75, 3.05) is 0 Å². The number of hydrogen-bond donors (Lipinski definition) is 3. The van der Waals surface area contributed by atoms with Gasteiger partial charge in [0.25, 0.3) is 0 Å². The maximum atomic E-state index is 5.55. The zero-order valence-electron chi connectivity index (χ0n) is 6.13. The first-order valence-electron chi connectivity index (χ1n) is 3.07. The summed E-state index contributed by atoms with van der Waals surface area (Å²) in [6.07, 6.45) is -0.440. The molecule has 0 aliphatic carbocycles. The van der Waals surface area contributed by atoms with Crippen LogP contribution in [-0.4, -0.2) is 17.9 Å². The highest BCUT2D eigenvalue weighted by Gasteiger charge is 2.50. The predicted octanol–water partition coefficient (Wildman–Crippen LogP) is -1.37. The number of rotatable bonds is 0. The summed E-state index contributed by atoms with van der Waals surface area (Å²) >= 11 is 0. The normalized spacial score (nSPS) is 45.9. The molecular weight excluding hydrogens is 134 g/mol. The maximum Gasteiger partial charge on any atom is 0.215 e. The molecule has 10 heavy (non-hydrogen) atoms. The van der Waals surface area contributed by atoms with Crippen molar-refractivity contribution in [3.8, 4) is 0 Å². The Morgan fingerprint density at radius 1 is 1.20 bits per heavy atom. The first-order valence-corrected chi connectivity index (χ1v) is 3.07. The van der Waals surface area contributed by atoms with E-state index in [1.165, 1.54) is 0 Å². The van der Waals surface area contributed by atoms with Gasteiger partial charge in [0.1, 0.15) is 0 Å². The molecule has 1 fully saturated rings. The summed E-state index contributed by atoms with van der Waals surface area (Å²) in [5.41, 5.74) is 15.3. The lowest BCUT2D eigenvalue weighted by atomic mass is 10.2. The fourth-order valence-corrected chi connectivity index (χ4v) is 0.853. The second kappa shape index (κ2) is 1.90. The van der Waals surface area contributed by atoms with Crippen molar-refractivity contribution in [3.63, 3.8) is 0 Å². The molecule has 5 nitrogen and oxygen atoms in total. The van der Waals surface area contributed by atoms with E-state index < -0.39 is 17.9 Å². The Kier molecular flexibility index (Phi) is 1.50. The highest BCUT2D eigenvalue weighted by molar-refractivity contribution is 4.89. The molecule has 60 valence electrons. The zero-order valence-corrected chi connectivity index (χ0v) is 6.13. The molecule has 0 aromatic heterocycles. The lowest BCUT2D eigenvalue weighted by Crippen LogP contribution is -2.68. The third-order valence-corrected chi connectivity index (χ3v) is 1.55. The first kappa shape index (κ1) is 7.90. The molecule has 0 spiro atoms. The topological polar surface area (TPSA) is 96.5 Å². The fraction of sp³-hybridized carbons (Fsp3) is 1.00. The van der Waals surface area contributed by atoms with Crippen molar-refractivity contribution < 1.29 is 9.47 Å². The lowest BCUT2D eigenvalue weighted by Gasteiger charge is -2.28. The minimum absolute atomic E-state index is 0.440. The van der Waals surface area contributed by atoms with Crippen molar-refractivity contribution in [1.29, 1.82) is 0 Å². The minimum Gasteiger partial charge on any atom is -0.326 e. The molecule has 1 saturated heterocycles. The van der Waals surface area contributed by atoms with Crippen LogP contribution in [0.1, 0.15) is 13.8 Å². The Balaban J connectivity index is 2.78. The van der Waals surface area contributed by atoms with E-state index in [4.69, 9.17) is 26.7 Å². The SMILES string of the molecule is CC1OC(C)(N)C(N)(N)O1. The van der Waals surface area contributed by atoms with Crippen LogP contribution in [0.15, 0.2) is 0 Å². The van der Waals surface area contributed by atoms with Crippen LogP contribution in [0, 0.1) is 0 Å². The second-order valence-electron chi connectivity index (χ2n) is 2.70. The summed E-state index contributed by atoms with van der Waals surface area (Å²) in [5, 5.41) is 0. The van der Waals surface area contributed by atoms with Gasteiger partial charge in [-0.2, -0.15) is 0 Å². The van der Waals surface area contributed by atoms with Crippen molar-refractivity contribution in [1.82, 2.24) is 0 Å². The van der Waals surface area contributed by atoms with Crippen LogP contribution in [0.2, 0.25) is 0 Å². The average molecular weight is 147 g/mol. The van der Waals surface area contributed by atoms with E-state index in [-0.39, 0.29) is 0 Å². The highest BCUT2D eigenvalue weighted by Crippen LogP contribution is 2.26. The van der Waals surface area contributed by atoms with Gasteiger partial charge >= 0.3 is 0 Å². The van der Waals surface area contributed by atoms with Crippen LogP contribution in [-0.2, 0) is 9.47 Å². The third kappa shape index (κ3) is 1.02. The van der Waals surface area contributed by atoms with Gasteiger partial charge in [-0.15, -0.1) is 0 Å². The summed E-state index contributed by atoms with van der Waals surface area (Å²) in [7, 11) is 0. The van der Waals surface area contributed by atoms with E-state index in [1.54, 1.807) is 13.8 Å². The minimum atomic E-state index is -1.38. The van der Waals surface area contributed by atoms with Gasteiger partial charge in [0.15, 0.2) is 12.0 Å². The van der Waals surface area contributed by atoms with Crippen molar-refractivity contribution >= 4 is 0 Å². The Labute approximate surface area is 59.4 Å². The molecule has 0 bridgehead atoms. The van der Waals surface area contributed by atoms with Crippen molar-refractivity contribution in [2.24, 2.45) is 17.2 Å². The largest absolute Gasteiger partial charge is 0.326 e. The number of nitrogens with two attached hydrogens (primary N) is 3. The van der Waals surface area contributed by atoms with Crippen LogP contribution >= 0.6 is 0 Å². The van der Waals surface area contributed by atoms with E-state index in [1.807, 2.05) is 0 Å². The maximum absolute atomic E-state index is 5.55. The van der Waals surface area contributed by atoms with Gasteiger partial charge in [-0.3, -0.25) is 17.2 Å². The molecule has 0 saturated carbocycles. The zero-order chi connectivity index (χ0) is 7.99.